The highest BCUT2D eigenvalue weighted by atomic mass is 16.4. The third-order valence-electron chi connectivity index (χ3n) is 3.99. The number of carbonyl (C=O) groups excluding carboxylic acids is 1. The first kappa shape index (κ1) is 13.2. The van der Waals surface area contributed by atoms with Gasteiger partial charge in [-0.3, -0.25) is 4.79 Å². The third kappa shape index (κ3) is 2.76. The molecule has 2 saturated heterocycles. The Morgan fingerprint density at radius 2 is 1.94 bits per heavy atom. The maximum atomic E-state index is 12.3. The second-order valence-corrected chi connectivity index (χ2v) is 6.24. The molecule has 102 valence electrons. The zero-order chi connectivity index (χ0) is 13.3. The van der Waals surface area contributed by atoms with E-state index in [1.807, 2.05) is 4.90 Å². The topological polar surface area (TPSA) is 60.9 Å². The van der Waals surface area contributed by atoms with Gasteiger partial charge in [0.25, 0.3) is 0 Å². The van der Waals surface area contributed by atoms with Gasteiger partial charge in [-0.2, -0.15) is 0 Å². The zero-order valence-electron chi connectivity index (χ0n) is 11.2. The highest BCUT2D eigenvalue weighted by molar-refractivity contribution is 5.77. The fraction of sp³-hybridized carbons (Fsp3) is 0.846. The summed E-state index contributed by atoms with van der Waals surface area (Å²) in [7, 11) is 0. The summed E-state index contributed by atoms with van der Waals surface area (Å²) < 4.78 is 0. The van der Waals surface area contributed by atoms with E-state index in [0.29, 0.717) is 19.5 Å². The molecule has 0 aromatic carbocycles. The first-order valence-corrected chi connectivity index (χ1v) is 6.66. The largest absolute Gasteiger partial charge is 0.481 e. The lowest BCUT2D eigenvalue weighted by Gasteiger charge is -2.34. The van der Waals surface area contributed by atoms with Crippen LogP contribution < -0.4 is 0 Å². The molecule has 2 heterocycles. The Hall–Kier alpha value is -1.26. The zero-order valence-corrected chi connectivity index (χ0v) is 11.2. The minimum absolute atomic E-state index is 0.0199. The lowest BCUT2D eigenvalue weighted by atomic mass is 9.93. The van der Waals surface area contributed by atoms with Crippen LogP contribution in [-0.4, -0.2) is 53.1 Å². The summed E-state index contributed by atoms with van der Waals surface area (Å²) in [6, 6.07) is 0.0199. The maximum absolute atomic E-state index is 12.3. The van der Waals surface area contributed by atoms with Gasteiger partial charge in [-0.1, -0.05) is 13.8 Å². The van der Waals surface area contributed by atoms with E-state index in [0.717, 1.165) is 25.9 Å². The molecule has 0 spiro atoms. The lowest BCUT2D eigenvalue weighted by Crippen LogP contribution is -2.48. The van der Waals surface area contributed by atoms with Gasteiger partial charge in [-0.25, -0.2) is 4.79 Å². The van der Waals surface area contributed by atoms with E-state index in [1.54, 1.807) is 4.90 Å². The first-order valence-electron chi connectivity index (χ1n) is 6.66. The molecule has 5 nitrogen and oxygen atoms in total. The Bertz CT molecular complexity index is 354. The molecule has 2 amide bonds. The number of nitrogens with zero attached hydrogens (tertiary/aromatic N) is 2. The second-order valence-electron chi connectivity index (χ2n) is 6.24. The summed E-state index contributed by atoms with van der Waals surface area (Å²) in [6.45, 7) is 6.96. The molecule has 0 unspecified atom stereocenters. The number of carboxylic acid groups (broad SMARTS) is 1. The van der Waals surface area contributed by atoms with Crippen molar-refractivity contribution >= 4 is 12.0 Å². The Labute approximate surface area is 108 Å². The van der Waals surface area contributed by atoms with Crippen LogP contribution in [-0.2, 0) is 4.79 Å². The second kappa shape index (κ2) is 4.78. The lowest BCUT2D eigenvalue weighted by molar-refractivity contribution is -0.143. The summed E-state index contributed by atoms with van der Waals surface area (Å²) in [5, 5.41) is 9.03. The van der Waals surface area contributed by atoms with Crippen molar-refractivity contribution in [3.63, 3.8) is 0 Å². The standard InChI is InChI=1S/C13H22N2O3/c1-13(2)5-7-15(9-13)12(18)14-6-3-4-10(8-14)11(16)17/h10H,3-9H2,1-2H3,(H,16,17)/t10-/m1/s1. The molecule has 1 atom stereocenters. The molecule has 18 heavy (non-hydrogen) atoms. The third-order valence-corrected chi connectivity index (χ3v) is 3.99. The van der Waals surface area contributed by atoms with Crippen molar-refractivity contribution in [2.75, 3.05) is 26.2 Å². The van der Waals surface area contributed by atoms with Crippen molar-refractivity contribution in [2.45, 2.75) is 33.1 Å². The quantitative estimate of drug-likeness (QED) is 0.773. The van der Waals surface area contributed by atoms with Crippen LogP contribution in [0, 0.1) is 11.3 Å². The van der Waals surface area contributed by atoms with Gasteiger partial charge in [0, 0.05) is 26.2 Å². The van der Waals surface area contributed by atoms with Gasteiger partial charge in [-0.15, -0.1) is 0 Å². The van der Waals surface area contributed by atoms with Crippen LogP contribution in [0.2, 0.25) is 0 Å². The Kier molecular flexibility index (Phi) is 3.50. The van der Waals surface area contributed by atoms with Crippen LogP contribution >= 0.6 is 0 Å². The predicted molar refractivity (Wildman–Crippen MR) is 67.3 cm³/mol. The maximum Gasteiger partial charge on any atom is 0.320 e. The van der Waals surface area contributed by atoms with Crippen LogP contribution in [0.25, 0.3) is 0 Å². The Morgan fingerprint density at radius 3 is 2.50 bits per heavy atom. The molecular weight excluding hydrogens is 232 g/mol. The molecule has 0 aromatic rings. The van der Waals surface area contributed by atoms with Gasteiger partial charge >= 0.3 is 12.0 Å². The van der Waals surface area contributed by atoms with Crippen LogP contribution in [0.3, 0.4) is 0 Å². The van der Waals surface area contributed by atoms with E-state index >= 15 is 0 Å². The molecule has 2 aliphatic heterocycles. The fourth-order valence-electron chi connectivity index (χ4n) is 2.83. The summed E-state index contributed by atoms with van der Waals surface area (Å²) >= 11 is 0. The summed E-state index contributed by atoms with van der Waals surface area (Å²) in [4.78, 5) is 26.9. The fourth-order valence-corrected chi connectivity index (χ4v) is 2.83. The number of hydrogen-bond donors (Lipinski definition) is 1. The minimum Gasteiger partial charge on any atom is -0.481 e. The average molecular weight is 254 g/mol. The predicted octanol–water partition coefficient (Wildman–Crippen LogP) is 1.63. The van der Waals surface area contributed by atoms with Crippen LogP contribution in [0.5, 0.6) is 0 Å². The van der Waals surface area contributed by atoms with Crippen molar-refractivity contribution in [1.29, 1.82) is 0 Å². The molecule has 0 aliphatic carbocycles. The minimum atomic E-state index is -0.783. The Morgan fingerprint density at radius 1 is 1.22 bits per heavy atom. The number of amides is 2. The number of rotatable bonds is 1. The molecule has 1 N–H and O–H groups in total. The summed E-state index contributed by atoms with van der Waals surface area (Å²) in [5.74, 6) is -1.17. The molecule has 2 fully saturated rings. The highest BCUT2D eigenvalue weighted by Crippen LogP contribution is 2.30. The number of urea groups is 1. The Balaban J connectivity index is 1.95. The van der Waals surface area contributed by atoms with Crippen LogP contribution in [0.4, 0.5) is 4.79 Å². The number of aliphatic carboxylic acids is 1. The van der Waals surface area contributed by atoms with E-state index in [-0.39, 0.29) is 11.4 Å². The molecule has 0 bridgehead atoms. The average Bonchev–Trinajstić information content (AvgIpc) is 2.69. The van der Waals surface area contributed by atoms with Gasteiger partial charge in [0.2, 0.25) is 0 Å². The van der Waals surface area contributed by atoms with Crippen molar-refractivity contribution in [3.05, 3.63) is 0 Å². The monoisotopic (exact) mass is 254 g/mol. The molecule has 5 heteroatoms. The van der Waals surface area contributed by atoms with E-state index in [9.17, 15) is 9.59 Å². The molecular formula is C13H22N2O3. The first-order chi connectivity index (χ1) is 8.39. The molecule has 2 rings (SSSR count). The van der Waals surface area contributed by atoms with Gasteiger partial charge in [0.1, 0.15) is 0 Å². The number of hydrogen-bond acceptors (Lipinski definition) is 2. The van der Waals surface area contributed by atoms with E-state index in [1.165, 1.54) is 0 Å². The van der Waals surface area contributed by atoms with Crippen LogP contribution in [0.1, 0.15) is 33.1 Å². The van der Waals surface area contributed by atoms with Crippen molar-refractivity contribution < 1.29 is 14.7 Å². The van der Waals surface area contributed by atoms with Crippen molar-refractivity contribution in [2.24, 2.45) is 11.3 Å². The van der Waals surface area contributed by atoms with E-state index in [4.69, 9.17) is 5.11 Å². The van der Waals surface area contributed by atoms with Crippen molar-refractivity contribution in [1.82, 2.24) is 9.80 Å². The van der Waals surface area contributed by atoms with Gasteiger partial charge in [0.15, 0.2) is 0 Å². The number of likely N-dealkylation sites (tertiary alicyclic amines) is 2. The van der Waals surface area contributed by atoms with Crippen molar-refractivity contribution in [3.8, 4) is 0 Å². The van der Waals surface area contributed by atoms with Gasteiger partial charge < -0.3 is 14.9 Å². The number of carboxylic acids is 1. The number of piperidine rings is 1. The molecule has 2 aliphatic rings. The number of carbonyl (C=O) groups is 2. The van der Waals surface area contributed by atoms with E-state index in [2.05, 4.69) is 13.8 Å². The molecule has 0 aromatic heterocycles. The molecule has 0 saturated carbocycles. The summed E-state index contributed by atoms with van der Waals surface area (Å²) in [6.07, 6.45) is 2.50. The van der Waals surface area contributed by atoms with Gasteiger partial charge in [0.05, 0.1) is 5.92 Å². The highest BCUT2D eigenvalue weighted by Gasteiger charge is 2.36. The smallest absolute Gasteiger partial charge is 0.320 e. The SMILES string of the molecule is CC1(C)CCN(C(=O)N2CCC[C@@H](C(=O)O)C2)C1. The molecule has 0 radical (unpaired) electrons. The summed E-state index contributed by atoms with van der Waals surface area (Å²) in [5.41, 5.74) is 0.192. The van der Waals surface area contributed by atoms with Crippen LogP contribution in [0.15, 0.2) is 0 Å². The van der Waals surface area contributed by atoms with E-state index < -0.39 is 11.9 Å². The van der Waals surface area contributed by atoms with Gasteiger partial charge in [-0.05, 0) is 24.7 Å². The normalized spacial score (nSPS) is 27.3.